The van der Waals surface area contributed by atoms with Crippen molar-refractivity contribution in [3.8, 4) is 5.88 Å². The molecule has 5 heteroatoms. The fourth-order valence-corrected chi connectivity index (χ4v) is 3.03. The van der Waals surface area contributed by atoms with Crippen molar-refractivity contribution >= 4 is 21.8 Å². The number of rotatable bonds is 3. The van der Waals surface area contributed by atoms with Gasteiger partial charge in [0.2, 0.25) is 5.88 Å². The van der Waals surface area contributed by atoms with E-state index in [0.717, 1.165) is 22.0 Å². The van der Waals surface area contributed by atoms with Crippen LogP contribution in [0, 0.1) is 13.8 Å². The first-order valence-electron chi connectivity index (χ1n) is 7.68. The van der Waals surface area contributed by atoms with E-state index in [1.54, 1.807) is 6.20 Å². The minimum atomic E-state index is -0.0169. The standard InChI is InChI=1S/C18H19BrN2O2/c1-12-5-6-14(10-13(12)2)18(22)21-9-7-15(11-21)23-17-16(19)4-3-8-20-17/h3-6,8,10,15H,7,9,11H2,1-2H3. The highest BCUT2D eigenvalue weighted by Crippen LogP contribution is 2.25. The first-order chi connectivity index (χ1) is 11.0. The lowest BCUT2D eigenvalue weighted by Gasteiger charge is -2.18. The van der Waals surface area contributed by atoms with Crippen LogP contribution in [-0.4, -0.2) is 35.0 Å². The van der Waals surface area contributed by atoms with Gasteiger partial charge in [0.25, 0.3) is 5.91 Å². The van der Waals surface area contributed by atoms with Crippen molar-refractivity contribution in [2.45, 2.75) is 26.4 Å². The normalized spacial score (nSPS) is 17.3. The number of halogens is 1. The molecule has 0 spiro atoms. The summed E-state index contributed by atoms with van der Waals surface area (Å²) in [6, 6.07) is 9.60. The number of hydrogen-bond donors (Lipinski definition) is 0. The monoisotopic (exact) mass is 374 g/mol. The maximum Gasteiger partial charge on any atom is 0.253 e. The fourth-order valence-electron chi connectivity index (χ4n) is 2.68. The van der Waals surface area contributed by atoms with Crippen LogP contribution in [0.25, 0.3) is 0 Å². The molecule has 1 unspecified atom stereocenters. The summed E-state index contributed by atoms with van der Waals surface area (Å²) in [7, 11) is 0. The van der Waals surface area contributed by atoms with Gasteiger partial charge in [-0.25, -0.2) is 4.98 Å². The minimum absolute atomic E-state index is 0.0169. The molecule has 4 nitrogen and oxygen atoms in total. The number of aryl methyl sites for hydroxylation is 2. The first-order valence-corrected chi connectivity index (χ1v) is 8.47. The molecule has 0 radical (unpaired) electrons. The average Bonchev–Trinajstić information content (AvgIpc) is 3.00. The summed E-state index contributed by atoms with van der Waals surface area (Å²) in [4.78, 5) is 18.7. The van der Waals surface area contributed by atoms with Crippen molar-refractivity contribution in [2.75, 3.05) is 13.1 Å². The number of carbonyl (C=O) groups is 1. The number of benzene rings is 1. The number of aromatic nitrogens is 1. The highest BCUT2D eigenvalue weighted by Gasteiger charge is 2.29. The largest absolute Gasteiger partial charge is 0.472 e. The van der Waals surface area contributed by atoms with Crippen molar-refractivity contribution in [2.24, 2.45) is 0 Å². The van der Waals surface area contributed by atoms with Crippen LogP contribution in [0.2, 0.25) is 0 Å². The summed E-state index contributed by atoms with van der Waals surface area (Å²) < 4.78 is 6.75. The van der Waals surface area contributed by atoms with Gasteiger partial charge in [-0.3, -0.25) is 4.79 Å². The molecule has 0 saturated carbocycles. The van der Waals surface area contributed by atoms with E-state index in [2.05, 4.69) is 20.9 Å². The Bertz CT molecular complexity index is 733. The molecule has 0 aliphatic carbocycles. The van der Waals surface area contributed by atoms with E-state index in [0.29, 0.717) is 19.0 Å². The molecule has 1 aliphatic heterocycles. The van der Waals surface area contributed by atoms with E-state index in [-0.39, 0.29) is 12.0 Å². The summed E-state index contributed by atoms with van der Waals surface area (Å²) in [5.74, 6) is 0.650. The molecule has 1 saturated heterocycles. The van der Waals surface area contributed by atoms with Crippen molar-refractivity contribution < 1.29 is 9.53 Å². The van der Waals surface area contributed by atoms with Gasteiger partial charge in [0.1, 0.15) is 6.10 Å². The van der Waals surface area contributed by atoms with Gasteiger partial charge in [0.05, 0.1) is 11.0 Å². The third-order valence-electron chi connectivity index (χ3n) is 4.19. The van der Waals surface area contributed by atoms with Gasteiger partial charge >= 0.3 is 0 Å². The molecule has 2 aromatic rings. The number of likely N-dealkylation sites (tertiary alicyclic amines) is 1. The second-order valence-electron chi connectivity index (χ2n) is 5.87. The molecule has 0 bridgehead atoms. The molecule has 1 atom stereocenters. The van der Waals surface area contributed by atoms with Crippen molar-refractivity contribution in [1.29, 1.82) is 0 Å². The zero-order valence-electron chi connectivity index (χ0n) is 13.3. The predicted molar refractivity (Wildman–Crippen MR) is 92.8 cm³/mol. The molecule has 1 aromatic heterocycles. The van der Waals surface area contributed by atoms with Crippen LogP contribution in [0.1, 0.15) is 27.9 Å². The zero-order valence-corrected chi connectivity index (χ0v) is 14.8. The van der Waals surface area contributed by atoms with Gasteiger partial charge in [-0.1, -0.05) is 6.07 Å². The topological polar surface area (TPSA) is 42.4 Å². The third kappa shape index (κ3) is 3.55. The van der Waals surface area contributed by atoms with Crippen LogP contribution < -0.4 is 4.74 Å². The smallest absolute Gasteiger partial charge is 0.253 e. The molecule has 1 aliphatic rings. The van der Waals surface area contributed by atoms with Crippen LogP contribution in [0.4, 0.5) is 0 Å². The average molecular weight is 375 g/mol. The maximum atomic E-state index is 12.6. The summed E-state index contributed by atoms with van der Waals surface area (Å²) in [6.07, 6.45) is 2.50. The molecule has 23 heavy (non-hydrogen) atoms. The summed E-state index contributed by atoms with van der Waals surface area (Å²) >= 11 is 3.43. The highest BCUT2D eigenvalue weighted by molar-refractivity contribution is 9.10. The Morgan fingerprint density at radius 3 is 2.87 bits per heavy atom. The van der Waals surface area contributed by atoms with E-state index in [4.69, 9.17) is 4.74 Å². The van der Waals surface area contributed by atoms with Crippen LogP contribution >= 0.6 is 15.9 Å². The molecule has 0 N–H and O–H groups in total. The molecular formula is C18H19BrN2O2. The Morgan fingerprint density at radius 2 is 2.13 bits per heavy atom. The SMILES string of the molecule is Cc1ccc(C(=O)N2CCC(Oc3ncccc3Br)C2)cc1C. The third-order valence-corrected chi connectivity index (χ3v) is 4.79. The number of pyridine rings is 1. The molecule has 3 rings (SSSR count). The Morgan fingerprint density at radius 1 is 1.30 bits per heavy atom. The lowest BCUT2D eigenvalue weighted by molar-refractivity contribution is 0.0771. The van der Waals surface area contributed by atoms with Gasteiger partial charge in [0, 0.05) is 24.7 Å². The molecular weight excluding hydrogens is 356 g/mol. The van der Waals surface area contributed by atoms with Crippen LogP contribution in [-0.2, 0) is 0 Å². The van der Waals surface area contributed by atoms with Crippen molar-refractivity contribution in [1.82, 2.24) is 9.88 Å². The first kappa shape index (κ1) is 16.0. The molecule has 1 amide bonds. The van der Waals surface area contributed by atoms with Gasteiger partial charge in [-0.05, 0) is 65.2 Å². The van der Waals surface area contributed by atoms with Crippen LogP contribution in [0.5, 0.6) is 5.88 Å². The Kier molecular flexibility index (Phi) is 4.66. The molecule has 1 fully saturated rings. The lowest BCUT2D eigenvalue weighted by atomic mass is 10.1. The maximum absolute atomic E-state index is 12.6. The molecule has 2 heterocycles. The van der Waals surface area contributed by atoms with Crippen LogP contribution in [0.3, 0.4) is 0 Å². The Labute approximate surface area is 144 Å². The fraction of sp³-hybridized carbons (Fsp3) is 0.333. The van der Waals surface area contributed by atoms with Gasteiger partial charge < -0.3 is 9.64 Å². The lowest BCUT2D eigenvalue weighted by Crippen LogP contribution is -2.31. The van der Waals surface area contributed by atoms with Crippen LogP contribution in [0.15, 0.2) is 41.0 Å². The number of amides is 1. The van der Waals surface area contributed by atoms with E-state index < -0.39 is 0 Å². The Balaban J connectivity index is 1.66. The highest BCUT2D eigenvalue weighted by atomic mass is 79.9. The van der Waals surface area contributed by atoms with E-state index >= 15 is 0 Å². The number of ether oxygens (including phenoxy) is 1. The second kappa shape index (κ2) is 6.71. The number of nitrogens with zero attached hydrogens (tertiary/aromatic N) is 2. The predicted octanol–water partition coefficient (Wildman–Crippen LogP) is 3.75. The van der Waals surface area contributed by atoms with E-state index in [1.807, 2.05) is 49.1 Å². The quantitative estimate of drug-likeness (QED) is 0.821. The number of carbonyl (C=O) groups excluding carboxylic acids is 1. The van der Waals surface area contributed by atoms with E-state index in [9.17, 15) is 4.79 Å². The summed E-state index contributed by atoms with van der Waals surface area (Å²) in [5, 5.41) is 0. The summed E-state index contributed by atoms with van der Waals surface area (Å²) in [5.41, 5.74) is 3.08. The van der Waals surface area contributed by atoms with Crippen molar-refractivity contribution in [3.63, 3.8) is 0 Å². The zero-order chi connectivity index (χ0) is 16.4. The van der Waals surface area contributed by atoms with Gasteiger partial charge in [-0.15, -0.1) is 0 Å². The summed E-state index contributed by atoms with van der Waals surface area (Å²) in [6.45, 7) is 5.38. The second-order valence-corrected chi connectivity index (χ2v) is 6.72. The number of hydrogen-bond acceptors (Lipinski definition) is 3. The van der Waals surface area contributed by atoms with E-state index in [1.165, 1.54) is 5.56 Å². The molecule has 120 valence electrons. The minimum Gasteiger partial charge on any atom is -0.472 e. The van der Waals surface area contributed by atoms with Gasteiger partial charge in [-0.2, -0.15) is 0 Å². The van der Waals surface area contributed by atoms with Crippen molar-refractivity contribution in [3.05, 3.63) is 57.7 Å². The molecule has 1 aromatic carbocycles. The Hall–Kier alpha value is -1.88. The van der Waals surface area contributed by atoms with Gasteiger partial charge in [0.15, 0.2) is 0 Å².